The molecular weight excluding hydrogens is 268 g/mol. The van der Waals surface area contributed by atoms with Crippen molar-refractivity contribution in [3.8, 4) is 0 Å². The SMILES string of the molecule is CCc1ccccc1NC(=O)C[NH+](C)Cc1nnc(C)o1. The van der Waals surface area contributed by atoms with Crippen LogP contribution in [0.3, 0.4) is 0 Å². The van der Waals surface area contributed by atoms with E-state index in [0.29, 0.717) is 24.9 Å². The number of hydrogen-bond donors (Lipinski definition) is 2. The molecule has 0 spiro atoms. The van der Waals surface area contributed by atoms with Gasteiger partial charge in [0.2, 0.25) is 5.89 Å². The molecule has 6 nitrogen and oxygen atoms in total. The molecule has 1 amide bonds. The van der Waals surface area contributed by atoms with Gasteiger partial charge in [0.05, 0.1) is 7.05 Å². The first kappa shape index (κ1) is 15.2. The first-order valence-corrected chi connectivity index (χ1v) is 7.06. The molecule has 0 saturated carbocycles. The summed E-state index contributed by atoms with van der Waals surface area (Å²) in [5.74, 6) is 1.07. The van der Waals surface area contributed by atoms with E-state index in [1.165, 1.54) is 0 Å². The number of benzene rings is 1. The summed E-state index contributed by atoms with van der Waals surface area (Å²) in [7, 11) is 1.92. The highest BCUT2D eigenvalue weighted by atomic mass is 16.4. The first-order chi connectivity index (χ1) is 10.1. The van der Waals surface area contributed by atoms with Crippen molar-refractivity contribution in [2.75, 3.05) is 18.9 Å². The molecule has 1 aromatic heterocycles. The topological polar surface area (TPSA) is 72.5 Å². The van der Waals surface area contributed by atoms with Crippen LogP contribution in [-0.4, -0.2) is 29.7 Å². The van der Waals surface area contributed by atoms with Crippen molar-refractivity contribution in [3.05, 3.63) is 41.6 Å². The number of amides is 1. The quantitative estimate of drug-likeness (QED) is 0.816. The zero-order valence-corrected chi connectivity index (χ0v) is 12.6. The van der Waals surface area contributed by atoms with Crippen molar-refractivity contribution in [1.82, 2.24) is 10.2 Å². The summed E-state index contributed by atoms with van der Waals surface area (Å²) in [6.07, 6.45) is 0.889. The minimum absolute atomic E-state index is 0.0235. The Bertz CT molecular complexity index is 609. The molecule has 1 heterocycles. The molecule has 2 aromatic rings. The van der Waals surface area contributed by atoms with Gasteiger partial charge in [0.1, 0.15) is 0 Å². The molecule has 21 heavy (non-hydrogen) atoms. The Labute approximate surface area is 124 Å². The Balaban J connectivity index is 1.89. The number of aryl methyl sites for hydroxylation is 2. The number of aromatic nitrogens is 2. The smallest absolute Gasteiger partial charge is 0.279 e. The monoisotopic (exact) mass is 289 g/mol. The number of para-hydroxylation sites is 1. The van der Waals surface area contributed by atoms with Crippen molar-refractivity contribution in [2.24, 2.45) is 0 Å². The van der Waals surface area contributed by atoms with E-state index in [-0.39, 0.29) is 5.91 Å². The van der Waals surface area contributed by atoms with Gasteiger partial charge in [-0.05, 0) is 18.1 Å². The van der Waals surface area contributed by atoms with Crippen LogP contribution in [0.2, 0.25) is 0 Å². The van der Waals surface area contributed by atoms with Crippen LogP contribution >= 0.6 is 0 Å². The predicted molar refractivity (Wildman–Crippen MR) is 78.9 cm³/mol. The van der Waals surface area contributed by atoms with Gasteiger partial charge in [-0.2, -0.15) is 0 Å². The number of quaternary nitrogens is 1. The van der Waals surface area contributed by atoms with Crippen molar-refractivity contribution in [3.63, 3.8) is 0 Å². The maximum Gasteiger partial charge on any atom is 0.279 e. The number of nitrogens with zero attached hydrogens (tertiary/aromatic N) is 2. The predicted octanol–water partition coefficient (Wildman–Crippen LogP) is 0.594. The zero-order chi connectivity index (χ0) is 15.2. The normalized spacial score (nSPS) is 12.1. The van der Waals surface area contributed by atoms with Gasteiger partial charge in [-0.15, -0.1) is 10.2 Å². The molecule has 0 radical (unpaired) electrons. The van der Waals surface area contributed by atoms with E-state index in [1.807, 2.05) is 31.3 Å². The van der Waals surface area contributed by atoms with Crippen LogP contribution in [0, 0.1) is 6.92 Å². The number of hydrogen-bond acceptors (Lipinski definition) is 4. The molecule has 0 bridgehead atoms. The molecule has 0 fully saturated rings. The zero-order valence-electron chi connectivity index (χ0n) is 12.6. The average Bonchev–Trinajstić information content (AvgIpc) is 2.84. The van der Waals surface area contributed by atoms with Gasteiger partial charge in [0.15, 0.2) is 13.1 Å². The standard InChI is InChI=1S/C15H20N4O2/c1-4-12-7-5-6-8-13(12)16-14(20)9-19(3)10-15-18-17-11(2)21-15/h5-8H,4,9-10H2,1-3H3,(H,16,20)/p+1. The summed E-state index contributed by atoms with van der Waals surface area (Å²) in [6.45, 7) is 4.70. The van der Waals surface area contributed by atoms with Gasteiger partial charge in [0, 0.05) is 12.6 Å². The minimum Gasteiger partial charge on any atom is -0.420 e. The van der Waals surface area contributed by atoms with Gasteiger partial charge >= 0.3 is 0 Å². The van der Waals surface area contributed by atoms with E-state index < -0.39 is 0 Å². The van der Waals surface area contributed by atoms with Gasteiger partial charge in [-0.25, -0.2) is 0 Å². The van der Waals surface area contributed by atoms with Crippen LogP contribution in [0.25, 0.3) is 0 Å². The van der Waals surface area contributed by atoms with Crippen LogP contribution in [0.1, 0.15) is 24.3 Å². The van der Waals surface area contributed by atoms with Crippen molar-refractivity contribution >= 4 is 11.6 Å². The number of carbonyl (C=O) groups is 1. The Morgan fingerprint density at radius 2 is 2.10 bits per heavy atom. The molecule has 0 aliphatic heterocycles. The lowest BCUT2D eigenvalue weighted by Crippen LogP contribution is -3.08. The molecule has 2 N–H and O–H groups in total. The second-order valence-electron chi connectivity index (χ2n) is 5.08. The Kier molecular flexibility index (Phi) is 5.05. The maximum atomic E-state index is 12.1. The van der Waals surface area contributed by atoms with Gasteiger partial charge in [0.25, 0.3) is 11.8 Å². The lowest BCUT2D eigenvalue weighted by molar-refractivity contribution is -0.886. The minimum atomic E-state index is -0.0235. The average molecular weight is 289 g/mol. The maximum absolute atomic E-state index is 12.1. The molecule has 0 aliphatic carbocycles. The molecule has 0 aliphatic rings. The van der Waals surface area contributed by atoms with Crippen LogP contribution in [0.15, 0.2) is 28.7 Å². The highest BCUT2D eigenvalue weighted by Crippen LogP contribution is 2.14. The molecule has 1 atom stereocenters. The number of carbonyl (C=O) groups excluding carboxylic acids is 1. The number of nitrogens with one attached hydrogen (secondary N) is 2. The van der Waals surface area contributed by atoms with Crippen molar-refractivity contribution in [1.29, 1.82) is 0 Å². The molecule has 2 rings (SSSR count). The number of anilines is 1. The summed E-state index contributed by atoms with van der Waals surface area (Å²) < 4.78 is 5.32. The van der Waals surface area contributed by atoms with E-state index in [0.717, 1.165) is 22.6 Å². The third-order valence-corrected chi connectivity index (χ3v) is 3.16. The summed E-state index contributed by atoms with van der Waals surface area (Å²) in [5.41, 5.74) is 2.02. The highest BCUT2D eigenvalue weighted by molar-refractivity contribution is 5.92. The fourth-order valence-corrected chi connectivity index (χ4v) is 2.15. The van der Waals surface area contributed by atoms with Crippen LogP contribution in [-0.2, 0) is 17.8 Å². The molecule has 112 valence electrons. The fraction of sp³-hybridized carbons (Fsp3) is 0.400. The summed E-state index contributed by atoms with van der Waals surface area (Å²) in [6, 6.07) is 7.84. The van der Waals surface area contributed by atoms with E-state index in [2.05, 4.69) is 22.4 Å². The Hall–Kier alpha value is -2.21. The lowest BCUT2D eigenvalue weighted by atomic mass is 10.1. The van der Waals surface area contributed by atoms with Crippen molar-refractivity contribution < 1.29 is 14.1 Å². The second-order valence-corrected chi connectivity index (χ2v) is 5.08. The van der Waals surface area contributed by atoms with Crippen LogP contribution in [0.5, 0.6) is 0 Å². The third kappa shape index (κ3) is 4.39. The summed E-state index contributed by atoms with van der Waals surface area (Å²) in [5, 5.41) is 10.7. The Morgan fingerprint density at radius 1 is 1.33 bits per heavy atom. The first-order valence-electron chi connectivity index (χ1n) is 7.06. The molecule has 1 unspecified atom stereocenters. The van der Waals surface area contributed by atoms with Crippen LogP contribution in [0.4, 0.5) is 5.69 Å². The number of rotatable bonds is 6. The number of likely N-dealkylation sites (N-methyl/N-ethyl adjacent to an activating group) is 1. The molecular formula is C15H21N4O2+. The highest BCUT2D eigenvalue weighted by Gasteiger charge is 2.14. The molecule has 0 saturated heterocycles. The fourth-order valence-electron chi connectivity index (χ4n) is 2.15. The largest absolute Gasteiger partial charge is 0.420 e. The summed E-state index contributed by atoms with van der Waals surface area (Å²) in [4.78, 5) is 13.1. The third-order valence-electron chi connectivity index (χ3n) is 3.16. The second kappa shape index (κ2) is 6.99. The van der Waals surface area contributed by atoms with E-state index in [4.69, 9.17) is 4.42 Å². The van der Waals surface area contributed by atoms with Gasteiger partial charge in [-0.3, -0.25) is 4.79 Å². The van der Waals surface area contributed by atoms with Gasteiger partial charge in [-0.1, -0.05) is 25.1 Å². The molecule has 1 aromatic carbocycles. The van der Waals surface area contributed by atoms with E-state index >= 15 is 0 Å². The Morgan fingerprint density at radius 3 is 2.76 bits per heavy atom. The van der Waals surface area contributed by atoms with Crippen LogP contribution < -0.4 is 10.2 Å². The van der Waals surface area contributed by atoms with Gasteiger partial charge < -0.3 is 14.6 Å². The van der Waals surface area contributed by atoms with E-state index in [1.54, 1.807) is 6.92 Å². The summed E-state index contributed by atoms with van der Waals surface area (Å²) >= 11 is 0. The lowest BCUT2D eigenvalue weighted by Gasteiger charge is -2.13. The molecule has 6 heteroatoms. The van der Waals surface area contributed by atoms with E-state index in [9.17, 15) is 4.79 Å². The van der Waals surface area contributed by atoms with Crippen molar-refractivity contribution in [2.45, 2.75) is 26.8 Å².